The summed E-state index contributed by atoms with van der Waals surface area (Å²) in [6, 6.07) is -4.32. The maximum absolute atomic E-state index is 12.7. The Hall–Kier alpha value is -2.20. The first-order valence-electron chi connectivity index (χ1n) is 9.35. The van der Waals surface area contributed by atoms with Gasteiger partial charge in [0.05, 0.1) is 12.1 Å². The van der Waals surface area contributed by atoms with E-state index in [1.807, 2.05) is 13.8 Å². The number of aliphatic hydroxyl groups excluding tert-OH is 1. The molecule has 5 unspecified atom stereocenters. The normalized spacial score (nSPS) is 16.6. The molecule has 3 amide bonds. The number of hydrogen-bond acceptors (Lipinski definition) is 6. The highest BCUT2D eigenvalue weighted by Crippen LogP contribution is 2.08. The van der Waals surface area contributed by atoms with Gasteiger partial charge < -0.3 is 31.9 Å². The molecule has 0 aliphatic heterocycles. The van der Waals surface area contributed by atoms with E-state index in [4.69, 9.17) is 10.8 Å². The molecule has 0 spiro atoms. The van der Waals surface area contributed by atoms with E-state index in [0.29, 0.717) is 6.42 Å². The second kappa shape index (κ2) is 11.6. The third-order valence-electron chi connectivity index (χ3n) is 4.15. The smallest absolute Gasteiger partial charge is 0.325 e. The first kappa shape index (κ1) is 25.8. The summed E-state index contributed by atoms with van der Waals surface area (Å²) in [6.07, 6.45) is -0.986. The molecule has 0 rings (SSSR count). The van der Waals surface area contributed by atoms with Gasteiger partial charge in [-0.25, -0.2) is 0 Å². The van der Waals surface area contributed by atoms with Gasteiger partial charge >= 0.3 is 5.97 Å². The molecule has 0 aliphatic rings. The predicted octanol–water partition coefficient (Wildman–Crippen LogP) is -1.04. The molecule has 0 aromatic rings. The molecule has 0 fully saturated rings. The Labute approximate surface area is 165 Å². The Kier molecular flexibility index (Phi) is 10.7. The summed E-state index contributed by atoms with van der Waals surface area (Å²) in [4.78, 5) is 48.1. The number of nitrogens with two attached hydrogens (primary N) is 1. The zero-order valence-electron chi connectivity index (χ0n) is 17.4. The lowest BCUT2D eigenvalue weighted by Crippen LogP contribution is -2.60. The molecule has 0 heterocycles. The Bertz CT molecular complexity index is 564. The van der Waals surface area contributed by atoms with E-state index in [1.165, 1.54) is 13.8 Å². The monoisotopic (exact) mass is 402 g/mol. The Morgan fingerprint density at radius 1 is 0.857 bits per heavy atom. The third kappa shape index (κ3) is 8.66. The van der Waals surface area contributed by atoms with E-state index in [2.05, 4.69) is 16.0 Å². The molecule has 162 valence electrons. The number of carboxylic acid groups (broad SMARTS) is 1. The molecular formula is C18H34N4O6. The van der Waals surface area contributed by atoms with Gasteiger partial charge in [0.2, 0.25) is 17.7 Å². The Morgan fingerprint density at radius 3 is 1.79 bits per heavy atom. The van der Waals surface area contributed by atoms with Crippen LogP contribution in [-0.2, 0) is 19.2 Å². The minimum Gasteiger partial charge on any atom is -0.480 e. The quantitative estimate of drug-likeness (QED) is 0.256. The second-order valence-electron chi connectivity index (χ2n) is 7.76. The van der Waals surface area contributed by atoms with Crippen LogP contribution < -0.4 is 21.7 Å². The second-order valence-corrected chi connectivity index (χ2v) is 7.76. The van der Waals surface area contributed by atoms with Gasteiger partial charge in [-0.15, -0.1) is 0 Å². The SMILES string of the molecule is CC(C)CC(NC(=O)C(N)C(C)C)C(=O)NC(C(=O)NC(C)C(=O)O)C(C)O. The average Bonchev–Trinajstić information content (AvgIpc) is 2.56. The van der Waals surface area contributed by atoms with Gasteiger partial charge in [-0.2, -0.15) is 0 Å². The molecule has 28 heavy (non-hydrogen) atoms. The topological polar surface area (TPSA) is 171 Å². The van der Waals surface area contributed by atoms with Crippen LogP contribution in [0.4, 0.5) is 0 Å². The molecular weight excluding hydrogens is 368 g/mol. The number of carbonyl (C=O) groups excluding carboxylic acids is 3. The summed E-state index contributed by atoms with van der Waals surface area (Å²) in [5, 5.41) is 25.9. The molecule has 0 radical (unpaired) electrons. The van der Waals surface area contributed by atoms with Crippen molar-refractivity contribution in [3.63, 3.8) is 0 Å². The van der Waals surface area contributed by atoms with Crippen molar-refractivity contribution in [3.8, 4) is 0 Å². The summed E-state index contributed by atoms with van der Waals surface area (Å²) >= 11 is 0. The van der Waals surface area contributed by atoms with E-state index >= 15 is 0 Å². The van der Waals surface area contributed by atoms with Crippen molar-refractivity contribution in [1.29, 1.82) is 0 Å². The van der Waals surface area contributed by atoms with E-state index in [9.17, 15) is 24.3 Å². The molecule has 7 N–H and O–H groups in total. The Balaban J connectivity index is 5.29. The zero-order valence-corrected chi connectivity index (χ0v) is 17.4. The van der Waals surface area contributed by atoms with Crippen molar-refractivity contribution >= 4 is 23.7 Å². The molecule has 0 bridgehead atoms. The van der Waals surface area contributed by atoms with E-state index in [1.54, 1.807) is 13.8 Å². The highest BCUT2D eigenvalue weighted by molar-refractivity contribution is 5.94. The summed E-state index contributed by atoms with van der Waals surface area (Å²) in [6.45, 7) is 9.83. The van der Waals surface area contributed by atoms with Crippen LogP contribution in [0.25, 0.3) is 0 Å². The minimum absolute atomic E-state index is 0.0529. The molecule has 10 heteroatoms. The van der Waals surface area contributed by atoms with Crippen molar-refractivity contribution in [3.05, 3.63) is 0 Å². The molecule has 0 aromatic carbocycles. The van der Waals surface area contributed by atoms with Crippen molar-refractivity contribution in [2.24, 2.45) is 17.6 Å². The summed E-state index contributed by atoms with van der Waals surface area (Å²) < 4.78 is 0. The van der Waals surface area contributed by atoms with E-state index < -0.39 is 54.0 Å². The maximum Gasteiger partial charge on any atom is 0.325 e. The first-order chi connectivity index (χ1) is 12.8. The van der Waals surface area contributed by atoms with Gasteiger partial charge in [0, 0.05) is 0 Å². The van der Waals surface area contributed by atoms with Crippen LogP contribution in [0.3, 0.4) is 0 Å². The van der Waals surface area contributed by atoms with E-state index in [0.717, 1.165) is 0 Å². The molecule has 0 aromatic heterocycles. The standard InChI is InChI=1S/C18H34N4O6/c1-8(2)7-12(21-16(25)13(19)9(3)4)15(24)22-14(11(6)23)17(26)20-10(5)18(27)28/h8-14,23H,7,19H2,1-6H3,(H,20,26)(H,21,25)(H,22,24)(H,27,28). The van der Waals surface area contributed by atoms with Gasteiger partial charge in [-0.05, 0) is 32.1 Å². The molecule has 5 atom stereocenters. The summed E-state index contributed by atoms with van der Waals surface area (Å²) in [5.41, 5.74) is 5.82. The maximum atomic E-state index is 12.7. The van der Waals surface area contributed by atoms with Gasteiger partial charge in [0.15, 0.2) is 0 Å². The molecule has 0 aliphatic carbocycles. The number of aliphatic carboxylic acids is 1. The van der Waals surface area contributed by atoms with Crippen LogP contribution in [0.5, 0.6) is 0 Å². The lowest BCUT2D eigenvalue weighted by Gasteiger charge is -2.27. The lowest BCUT2D eigenvalue weighted by molar-refractivity contribution is -0.142. The van der Waals surface area contributed by atoms with Crippen LogP contribution in [0.15, 0.2) is 0 Å². The van der Waals surface area contributed by atoms with Gasteiger partial charge in [0.1, 0.15) is 18.1 Å². The molecule has 0 saturated carbocycles. The zero-order chi connectivity index (χ0) is 22.2. The van der Waals surface area contributed by atoms with Crippen molar-refractivity contribution in [1.82, 2.24) is 16.0 Å². The Morgan fingerprint density at radius 2 is 1.39 bits per heavy atom. The first-order valence-corrected chi connectivity index (χ1v) is 9.35. The predicted molar refractivity (Wildman–Crippen MR) is 103 cm³/mol. The number of hydrogen-bond donors (Lipinski definition) is 6. The highest BCUT2D eigenvalue weighted by Gasteiger charge is 2.32. The minimum atomic E-state index is -1.38. The molecule has 10 nitrogen and oxygen atoms in total. The number of carbonyl (C=O) groups is 4. The molecule has 0 saturated heterocycles. The van der Waals surface area contributed by atoms with Crippen LogP contribution >= 0.6 is 0 Å². The van der Waals surface area contributed by atoms with Crippen molar-refractivity contribution in [2.75, 3.05) is 0 Å². The average molecular weight is 402 g/mol. The number of carboxylic acids is 1. The van der Waals surface area contributed by atoms with Crippen molar-refractivity contribution < 1.29 is 29.4 Å². The fourth-order valence-electron chi connectivity index (χ4n) is 2.30. The number of nitrogens with one attached hydrogen (secondary N) is 3. The van der Waals surface area contributed by atoms with Gasteiger partial charge in [-0.3, -0.25) is 19.2 Å². The number of aliphatic hydroxyl groups is 1. The van der Waals surface area contributed by atoms with E-state index in [-0.39, 0.29) is 11.8 Å². The van der Waals surface area contributed by atoms with Crippen LogP contribution in [-0.4, -0.2) is 64.2 Å². The summed E-state index contributed by atoms with van der Waals surface area (Å²) in [7, 11) is 0. The van der Waals surface area contributed by atoms with Crippen LogP contribution in [0.1, 0.15) is 48.0 Å². The lowest BCUT2D eigenvalue weighted by atomic mass is 10.00. The van der Waals surface area contributed by atoms with Crippen LogP contribution in [0.2, 0.25) is 0 Å². The van der Waals surface area contributed by atoms with Gasteiger partial charge in [-0.1, -0.05) is 27.7 Å². The number of rotatable bonds is 11. The van der Waals surface area contributed by atoms with Crippen LogP contribution in [0, 0.1) is 11.8 Å². The third-order valence-corrected chi connectivity index (χ3v) is 4.15. The largest absolute Gasteiger partial charge is 0.480 e. The fourth-order valence-corrected chi connectivity index (χ4v) is 2.30. The van der Waals surface area contributed by atoms with Gasteiger partial charge in [0.25, 0.3) is 0 Å². The number of amides is 3. The van der Waals surface area contributed by atoms with Crippen molar-refractivity contribution in [2.45, 2.75) is 78.2 Å². The fraction of sp³-hybridized carbons (Fsp3) is 0.778. The summed E-state index contributed by atoms with van der Waals surface area (Å²) in [5.74, 6) is -3.33. The highest BCUT2D eigenvalue weighted by atomic mass is 16.4.